The Balaban J connectivity index is 1.40. The van der Waals surface area contributed by atoms with Crippen LogP contribution in [0.4, 0.5) is 10.5 Å². The zero-order valence-electron chi connectivity index (χ0n) is 21.4. The maximum Gasteiger partial charge on any atom is 0.412 e. The van der Waals surface area contributed by atoms with Crippen molar-refractivity contribution in [3.05, 3.63) is 65.5 Å². The minimum absolute atomic E-state index is 0.135. The number of aliphatic imine (C=N–C) groups is 1. The largest absolute Gasteiger partial charge is 0.478 e. The number of carboxylic acids is 1. The molecule has 0 spiro atoms. The van der Waals surface area contributed by atoms with Gasteiger partial charge < -0.3 is 20.1 Å². The number of aromatic nitrogens is 1. The molecule has 1 atom stereocenters. The van der Waals surface area contributed by atoms with Crippen molar-refractivity contribution in [3.8, 4) is 11.1 Å². The molecule has 3 aromatic rings. The van der Waals surface area contributed by atoms with Gasteiger partial charge in [-0.1, -0.05) is 18.2 Å². The van der Waals surface area contributed by atoms with E-state index >= 15 is 0 Å². The summed E-state index contributed by atoms with van der Waals surface area (Å²) in [6.45, 7) is 8.89. The van der Waals surface area contributed by atoms with Gasteiger partial charge in [0.05, 0.1) is 5.57 Å². The molecule has 5 rings (SSSR count). The van der Waals surface area contributed by atoms with Gasteiger partial charge >= 0.3 is 12.1 Å². The van der Waals surface area contributed by atoms with Crippen LogP contribution in [0, 0.1) is 0 Å². The maximum absolute atomic E-state index is 12.2. The number of benzene rings is 2. The number of rotatable bonds is 4. The second-order valence-electron chi connectivity index (χ2n) is 10.5. The van der Waals surface area contributed by atoms with Crippen molar-refractivity contribution in [2.24, 2.45) is 4.99 Å². The molecular formula is C28H31N5O4. The number of amides is 1. The van der Waals surface area contributed by atoms with Gasteiger partial charge in [-0.05, 0) is 68.7 Å². The van der Waals surface area contributed by atoms with Gasteiger partial charge in [0.15, 0.2) is 5.79 Å². The molecule has 2 aromatic carbocycles. The molecule has 2 aliphatic heterocycles. The second-order valence-corrected chi connectivity index (χ2v) is 10.5. The predicted octanol–water partition coefficient (Wildman–Crippen LogP) is 4.86. The van der Waals surface area contributed by atoms with Crippen molar-refractivity contribution in [2.45, 2.75) is 52.0 Å². The molecule has 0 radical (unpaired) electrons. The molecule has 192 valence electrons. The quantitative estimate of drug-likeness (QED) is 0.406. The highest BCUT2D eigenvalue weighted by atomic mass is 16.6. The number of nitrogens with zero attached hydrogens (tertiary/aromatic N) is 2. The highest BCUT2D eigenvalue weighted by Crippen LogP contribution is 2.34. The first-order chi connectivity index (χ1) is 17.5. The third-order valence-electron chi connectivity index (χ3n) is 6.64. The molecule has 1 amide bonds. The monoisotopic (exact) mass is 501 g/mol. The van der Waals surface area contributed by atoms with Crippen molar-refractivity contribution >= 4 is 34.9 Å². The number of anilines is 1. The van der Waals surface area contributed by atoms with E-state index in [0.29, 0.717) is 12.2 Å². The van der Waals surface area contributed by atoms with Gasteiger partial charge in [0.25, 0.3) is 0 Å². The lowest BCUT2D eigenvalue weighted by Gasteiger charge is -2.41. The first-order valence-electron chi connectivity index (χ1n) is 12.3. The molecular weight excluding hydrogens is 470 g/mol. The molecule has 0 bridgehead atoms. The van der Waals surface area contributed by atoms with Crippen molar-refractivity contribution in [1.82, 2.24) is 15.2 Å². The second kappa shape index (κ2) is 9.08. The molecule has 37 heavy (non-hydrogen) atoms. The molecule has 1 unspecified atom stereocenters. The van der Waals surface area contributed by atoms with Crippen LogP contribution in [-0.4, -0.2) is 51.2 Å². The number of carboxylic acid groups (broad SMARTS) is 1. The lowest BCUT2D eigenvalue weighted by atomic mass is 9.99. The Morgan fingerprint density at radius 2 is 1.95 bits per heavy atom. The summed E-state index contributed by atoms with van der Waals surface area (Å²) in [7, 11) is 0. The summed E-state index contributed by atoms with van der Waals surface area (Å²) in [5, 5.41) is 16.3. The highest BCUT2D eigenvalue weighted by molar-refractivity contribution is 6.08. The summed E-state index contributed by atoms with van der Waals surface area (Å²) in [6, 6.07) is 14.0. The standard InChI is InChI=1S/C28H31N5O4/c1-27(2,3)37-26(36)31-20-7-5-6-17(12-20)18-8-9-23-21(13-18)22-16-33(11-10-24(22)32-23)28(4)29-14-19(15-30-28)25(34)35/h5-9,12-15,29,32H,10-11,16H2,1-4H3,(H,31,36)(H,34,35). The van der Waals surface area contributed by atoms with E-state index in [1.807, 2.05) is 52.0 Å². The summed E-state index contributed by atoms with van der Waals surface area (Å²) in [5.41, 5.74) is 5.72. The summed E-state index contributed by atoms with van der Waals surface area (Å²) in [5.74, 6) is -1.73. The Kier molecular flexibility index (Phi) is 6.03. The first-order valence-corrected chi connectivity index (χ1v) is 12.3. The van der Waals surface area contributed by atoms with E-state index in [1.54, 1.807) is 0 Å². The van der Waals surface area contributed by atoms with Crippen LogP contribution in [0.1, 0.15) is 39.0 Å². The normalized spacial score (nSPS) is 19.6. The van der Waals surface area contributed by atoms with Crippen LogP contribution in [0.15, 0.2) is 59.2 Å². The summed E-state index contributed by atoms with van der Waals surface area (Å²) < 4.78 is 5.38. The van der Waals surface area contributed by atoms with Crippen molar-refractivity contribution in [3.63, 3.8) is 0 Å². The molecule has 0 saturated heterocycles. The first kappa shape index (κ1) is 24.6. The Morgan fingerprint density at radius 1 is 1.16 bits per heavy atom. The third kappa shape index (κ3) is 5.08. The van der Waals surface area contributed by atoms with E-state index in [2.05, 4.69) is 43.7 Å². The zero-order chi connectivity index (χ0) is 26.4. The van der Waals surface area contributed by atoms with Gasteiger partial charge in [-0.3, -0.25) is 10.2 Å². The average Bonchev–Trinajstić information content (AvgIpc) is 3.20. The average molecular weight is 502 g/mol. The number of fused-ring (bicyclic) bond motifs is 3. The lowest BCUT2D eigenvalue weighted by Crippen LogP contribution is -2.56. The summed E-state index contributed by atoms with van der Waals surface area (Å²) in [4.78, 5) is 33.8. The van der Waals surface area contributed by atoms with E-state index in [0.717, 1.165) is 35.0 Å². The van der Waals surface area contributed by atoms with Crippen LogP contribution in [0.5, 0.6) is 0 Å². The maximum atomic E-state index is 12.2. The van der Waals surface area contributed by atoms with Gasteiger partial charge in [0, 0.05) is 54.2 Å². The number of carbonyl (C=O) groups excluding carboxylic acids is 1. The molecule has 0 aliphatic carbocycles. The molecule has 0 saturated carbocycles. The van der Waals surface area contributed by atoms with Gasteiger partial charge in [0.1, 0.15) is 5.60 Å². The van der Waals surface area contributed by atoms with E-state index in [-0.39, 0.29) is 5.57 Å². The number of aromatic amines is 1. The van der Waals surface area contributed by atoms with Gasteiger partial charge in [0.2, 0.25) is 0 Å². The molecule has 2 aliphatic rings. The number of ether oxygens (including phenoxy) is 1. The SMILES string of the molecule is CC(C)(C)OC(=O)Nc1cccc(-c2ccc3[nH]c4c(c3c2)CN(C2(C)N=CC(C(=O)O)=CN2)CC4)c1. The molecule has 1 aromatic heterocycles. The smallest absolute Gasteiger partial charge is 0.412 e. The van der Waals surface area contributed by atoms with E-state index < -0.39 is 23.5 Å². The van der Waals surface area contributed by atoms with Crippen LogP contribution >= 0.6 is 0 Å². The van der Waals surface area contributed by atoms with Crippen LogP contribution in [-0.2, 0) is 22.5 Å². The fraction of sp³-hybridized carbons (Fsp3) is 0.321. The topological polar surface area (TPSA) is 119 Å². The van der Waals surface area contributed by atoms with Crippen LogP contribution < -0.4 is 10.6 Å². The minimum Gasteiger partial charge on any atom is -0.478 e. The molecule has 4 N–H and O–H groups in total. The molecule has 9 heteroatoms. The highest BCUT2D eigenvalue weighted by Gasteiger charge is 2.35. The molecule has 9 nitrogen and oxygen atoms in total. The number of H-pyrrole nitrogens is 1. The molecule has 0 fully saturated rings. The van der Waals surface area contributed by atoms with Crippen molar-refractivity contribution in [1.29, 1.82) is 0 Å². The van der Waals surface area contributed by atoms with Gasteiger partial charge in [-0.25, -0.2) is 14.6 Å². The minimum atomic E-state index is -1.01. The van der Waals surface area contributed by atoms with E-state index in [1.165, 1.54) is 23.7 Å². The van der Waals surface area contributed by atoms with Crippen molar-refractivity contribution in [2.75, 3.05) is 11.9 Å². The number of nitrogens with one attached hydrogen (secondary N) is 3. The summed E-state index contributed by atoms with van der Waals surface area (Å²) in [6.07, 6.45) is 3.27. The number of carbonyl (C=O) groups is 2. The van der Waals surface area contributed by atoms with Crippen LogP contribution in [0.2, 0.25) is 0 Å². The van der Waals surface area contributed by atoms with Crippen LogP contribution in [0.25, 0.3) is 22.0 Å². The van der Waals surface area contributed by atoms with E-state index in [9.17, 15) is 14.7 Å². The van der Waals surface area contributed by atoms with Crippen LogP contribution in [0.3, 0.4) is 0 Å². The fourth-order valence-corrected chi connectivity index (χ4v) is 4.74. The Hall–Kier alpha value is -4.11. The van der Waals surface area contributed by atoms with E-state index in [4.69, 9.17) is 4.74 Å². The Labute approximate surface area is 215 Å². The Morgan fingerprint density at radius 3 is 2.65 bits per heavy atom. The Bertz CT molecular complexity index is 1450. The van der Waals surface area contributed by atoms with Gasteiger partial charge in [-0.15, -0.1) is 0 Å². The summed E-state index contributed by atoms with van der Waals surface area (Å²) >= 11 is 0. The predicted molar refractivity (Wildman–Crippen MR) is 143 cm³/mol. The van der Waals surface area contributed by atoms with Crippen molar-refractivity contribution < 1.29 is 19.4 Å². The zero-order valence-corrected chi connectivity index (χ0v) is 21.4. The third-order valence-corrected chi connectivity index (χ3v) is 6.64. The number of hydrogen-bond acceptors (Lipinski definition) is 6. The van der Waals surface area contributed by atoms with Gasteiger partial charge in [-0.2, -0.15) is 0 Å². The fourth-order valence-electron chi connectivity index (χ4n) is 4.74. The molecule has 3 heterocycles. The lowest BCUT2D eigenvalue weighted by molar-refractivity contribution is -0.132. The number of aliphatic carboxylic acids is 1. The number of hydrogen-bond donors (Lipinski definition) is 4.